The van der Waals surface area contributed by atoms with Crippen molar-refractivity contribution in [3.8, 4) is 0 Å². The molecular formula is C57H105NO5Si. The molecule has 7 heteroatoms. The number of hydrogen-bond acceptors (Lipinski definition) is 6. The molecule has 9 unspecified atom stereocenters. The molecule has 0 spiro atoms. The van der Waals surface area contributed by atoms with Crippen molar-refractivity contribution in [2.75, 3.05) is 39.5 Å². The van der Waals surface area contributed by atoms with Gasteiger partial charge in [-0.15, -0.1) is 0 Å². The number of fused-ring (bicyclic) bond motifs is 5. The van der Waals surface area contributed by atoms with Crippen LogP contribution in [0.2, 0.25) is 13.1 Å². The molecule has 2 N–H and O–H groups in total. The summed E-state index contributed by atoms with van der Waals surface area (Å²) in [6.45, 7) is 22.7. The molecule has 0 aromatic carbocycles. The van der Waals surface area contributed by atoms with Crippen LogP contribution in [0.25, 0.3) is 0 Å². The minimum absolute atomic E-state index is 0.144. The lowest BCUT2D eigenvalue weighted by atomic mass is 9.47. The Balaban J connectivity index is 1.28. The van der Waals surface area contributed by atoms with Gasteiger partial charge in [-0.2, -0.15) is 0 Å². The van der Waals surface area contributed by atoms with Gasteiger partial charge in [-0.05, 0) is 175 Å². The van der Waals surface area contributed by atoms with Gasteiger partial charge < -0.3 is 23.8 Å². The normalized spacial score (nSPS) is 28.2. The lowest BCUT2D eigenvalue weighted by molar-refractivity contribution is -0.150. The van der Waals surface area contributed by atoms with Crippen LogP contribution >= 0.6 is 0 Å². The molecule has 3 saturated carbocycles. The van der Waals surface area contributed by atoms with E-state index in [0.29, 0.717) is 23.9 Å². The number of nitrogens with zero attached hydrogens (tertiary/aromatic N) is 1. The largest absolute Gasteiger partial charge is 0.395 e. The van der Waals surface area contributed by atoms with Gasteiger partial charge >= 0.3 is 8.56 Å². The Morgan fingerprint density at radius 2 is 1.42 bits per heavy atom. The number of ether oxygens (including phenoxy) is 1. The van der Waals surface area contributed by atoms with Gasteiger partial charge in [0.05, 0.1) is 19.3 Å². The first-order valence-electron chi connectivity index (χ1n) is 27.8. The lowest BCUT2D eigenvalue weighted by Crippen LogP contribution is -2.51. The highest BCUT2D eigenvalue weighted by Gasteiger charge is 2.59. The SMILES string of the molecule is CCCCC/C=C\C/C=C\CCCCCCCC(OC1CCC2(C)C(=CCC3C2CCC2(C)C(C(C)CCCC(C)C)CCC32)C1)O[Si](C)(C)OCCCCCCN(CCO)CCO. The Bertz CT molecular complexity index is 1330. The molecule has 3 fully saturated rings. The minimum Gasteiger partial charge on any atom is -0.395 e. The highest BCUT2D eigenvalue weighted by molar-refractivity contribution is 6.64. The van der Waals surface area contributed by atoms with Gasteiger partial charge in [0, 0.05) is 19.7 Å². The maximum Gasteiger partial charge on any atom is 0.333 e. The van der Waals surface area contributed by atoms with Crippen LogP contribution < -0.4 is 0 Å². The van der Waals surface area contributed by atoms with Crippen LogP contribution in [0, 0.1) is 46.3 Å². The van der Waals surface area contributed by atoms with E-state index in [1.54, 1.807) is 5.57 Å². The molecule has 4 aliphatic rings. The Morgan fingerprint density at radius 1 is 0.734 bits per heavy atom. The minimum atomic E-state index is -2.40. The third kappa shape index (κ3) is 18.3. The van der Waals surface area contributed by atoms with Crippen molar-refractivity contribution in [2.24, 2.45) is 46.3 Å². The van der Waals surface area contributed by atoms with E-state index in [0.717, 1.165) is 106 Å². The number of rotatable bonds is 35. The molecule has 372 valence electrons. The summed E-state index contributed by atoms with van der Waals surface area (Å²) in [5.74, 6) is 5.21. The summed E-state index contributed by atoms with van der Waals surface area (Å²) in [6, 6.07) is 0. The van der Waals surface area contributed by atoms with Gasteiger partial charge in [0.25, 0.3) is 0 Å². The van der Waals surface area contributed by atoms with Crippen LogP contribution in [0.3, 0.4) is 0 Å². The fourth-order valence-corrected chi connectivity index (χ4v) is 14.8. The molecule has 0 radical (unpaired) electrons. The second kappa shape index (κ2) is 29.9. The zero-order valence-corrected chi connectivity index (χ0v) is 44.4. The van der Waals surface area contributed by atoms with Crippen molar-refractivity contribution in [1.82, 2.24) is 4.90 Å². The Morgan fingerprint density at radius 3 is 2.14 bits per heavy atom. The van der Waals surface area contributed by atoms with Gasteiger partial charge in [-0.3, -0.25) is 4.90 Å². The maximum atomic E-state index is 9.33. The van der Waals surface area contributed by atoms with Crippen molar-refractivity contribution >= 4 is 8.56 Å². The van der Waals surface area contributed by atoms with Crippen LogP contribution in [-0.4, -0.2) is 75.5 Å². The van der Waals surface area contributed by atoms with Crippen molar-refractivity contribution in [1.29, 1.82) is 0 Å². The molecule has 4 rings (SSSR count). The summed E-state index contributed by atoms with van der Waals surface area (Å²) in [6.07, 6.45) is 46.0. The van der Waals surface area contributed by atoms with Crippen molar-refractivity contribution < 1.29 is 23.8 Å². The third-order valence-electron chi connectivity index (χ3n) is 17.1. The predicted octanol–water partition coefficient (Wildman–Crippen LogP) is 15.1. The Kier molecular flexibility index (Phi) is 26.1. The van der Waals surface area contributed by atoms with Crippen LogP contribution in [0.5, 0.6) is 0 Å². The second-order valence-electron chi connectivity index (χ2n) is 22.8. The van der Waals surface area contributed by atoms with Crippen molar-refractivity contribution in [3.63, 3.8) is 0 Å². The first-order valence-corrected chi connectivity index (χ1v) is 30.6. The summed E-state index contributed by atoms with van der Waals surface area (Å²) in [4.78, 5) is 2.15. The van der Waals surface area contributed by atoms with E-state index in [9.17, 15) is 10.2 Å². The zero-order chi connectivity index (χ0) is 46.3. The molecule has 0 aromatic rings. The maximum absolute atomic E-state index is 9.33. The summed E-state index contributed by atoms with van der Waals surface area (Å²) in [7, 11) is -2.40. The van der Waals surface area contributed by atoms with E-state index in [1.165, 1.54) is 116 Å². The summed E-state index contributed by atoms with van der Waals surface area (Å²) < 4.78 is 20.6. The van der Waals surface area contributed by atoms with Crippen LogP contribution in [0.15, 0.2) is 36.0 Å². The first-order chi connectivity index (χ1) is 30.9. The zero-order valence-electron chi connectivity index (χ0n) is 43.4. The fourth-order valence-electron chi connectivity index (χ4n) is 13.3. The lowest BCUT2D eigenvalue weighted by Gasteiger charge is -2.58. The van der Waals surface area contributed by atoms with Crippen molar-refractivity contribution in [3.05, 3.63) is 36.0 Å². The standard InChI is InChI=1S/C57H105NO5Si/c1-9-10-11-12-13-14-15-16-17-18-19-20-21-22-25-31-55(63-64(7,8)61-45-27-24-23-26-40-58(41-43-59)42-44-60)62-50-36-38-56(5)49(46-50)32-33-51-53-35-34-52(48(4)30-28-29-47(2)3)57(53,6)39-37-54(51)56/h13-14,16-17,32,47-48,50-55,59-60H,9-12,15,18-31,33-46H2,1-8H3/b14-13-,17-16-. The molecule has 6 nitrogen and oxygen atoms in total. The number of unbranched alkanes of at least 4 members (excludes halogenated alkanes) is 11. The molecule has 0 amide bonds. The van der Waals surface area contributed by atoms with E-state index >= 15 is 0 Å². The highest BCUT2D eigenvalue weighted by Crippen LogP contribution is 2.67. The molecule has 0 bridgehead atoms. The smallest absolute Gasteiger partial charge is 0.333 e. The topological polar surface area (TPSA) is 71.4 Å². The summed E-state index contributed by atoms with van der Waals surface area (Å²) in [5.41, 5.74) is 2.58. The highest BCUT2D eigenvalue weighted by atomic mass is 28.4. The number of hydrogen-bond donors (Lipinski definition) is 2. The molecule has 9 atom stereocenters. The Labute approximate surface area is 397 Å². The molecule has 0 heterocycles. The first kappa shape index (κ1) is 55.8. The second-order valence-corrected chi connectivity index (χ2v) is 26.1. The molecule has 4 aliphatic carbocycles. The van der Waals surface area contributed by atoms with E-state index in [2.05, 4.69) is 89.9 Å². The average molecular weight is 913 g/mol. The van der Waals surface area contributed by atoms with Crippen LogP contribution in [0.1, 0.15) is 215 Å². The van der Waals surface area contributed by atoms with Crippen LogP contribution in [0.4, 0.5) is 0 Å². The number of allylic oxidation sites excluding steroid dienone is 5. The van der Waals surface area contributed by atoms with Gasteiger partial charge in [0.1, 0.15) is 6.29 Å². The van der Waals surface area contributed by atoms with Gasteiger partial charge in [-0.1, -0.05) is 142 Å². The average Bonchev–Trinajstić information content (AvgIpc) is 3.62. The van der Waals surface area contributed by atoms with Gasteiger partial charge in [-0.25, -0.2) is 0 Å². The number of aliphatic hydroxyl groups excluding tert-OH is 2. The van der Waals surface area contributed by atoms with E-state index in [4.69, 9.17) is 13.6 Å². The van der Waals surface area contributed by atoms with E-state index < -0.39 is 8.56 Å². The van der Waals surface area contributed by atoms with Gasteiger partial charge in [0.2, 0.25) is 0 Å². The van der Waals surface area contributed by atoms with Crippen molar-refractivity contribution in [2.45, 2.75) is 240 Å². The summed E-state index contributed by atoms with van der Waals surface area (Å²) in [5, 5.41) is 18.7. The van der Waals surface area contributed by atoms with Crippen LogP contribution in [-0.2, 0) is 13.6 Å². The predicted molar refractivity (Wildman–Crippen MR) is 275 cm³/mol. The molecule has 64 heavy (non-hydrogen) atoms. The summed E-state index contributed by atoms with van der Waals surface area (Å²) >= 11 is 0. The van der Waals surface area contributed by atoms with E-state index in [1.807, 2.05) is 0 Å². The third-order valence-corrected chi connectivity index (χ3v) is 18.8. The quantitative estimate of drug-likeness (QED) is 0.0286. The van der Waals surface area contributed by atoms with Gasteiger partial charge in [0.15, 0.2) is 0 Å². The number of aliphatic hydroxyl groups is 2. The monoisotopic (exact) mass is 912 g/mol. The van der Waals surface area contributed by atoms with E-state index in [-0.39, 0.29) is 25.6 Å². The molecular weight excluding hydrogens is 807 g/mol. The Hall–Kier alpha value is -0.803. The fraction of sp³-hybridized carbons (Fsp3) is 0.895. The molecule has 0 aliphatic heterocycles. The molecule has 0 aromatic heterocycles. The molecule has 0 saturated heterocycles.